The smallest absolute Gasteiger partial charge is 0.252 e. The van der Waals surface area contributed by atoms with Gasteiger partial charge in [0.25, 0.3) is 5.56 Å². The molecule has 0 atom stereocenters. The predicted molar refractivity (Wildman–Crippen MR) is 106 cm³/mol. The molecule has 0 fully saturated rings. The fraction of sp³-hybridized carbons (Fsp3) is 0.200. The average molecular weight is 383 g/mol. The SMILES string of the molecule is O=c1cc(O)c2sc3nc4c(c(-c5ccc(Cl)cc5)c3c2[nH]1)CCCC4. The number of pyridine rings is 2. The Morgan fingerprint density at radius 2 is 1.92 bits per heavy atom. The van der Waals surface area contributed by atoms with Gasteiger partial charge in [-0.2, -0.15) is 0 Å². The van der Waals surface area contributed by atoms with Crippen molar-refractivity contribution < 1.29 is 5.11 Å². The van der Waals surface area contributed by atoms with Gasteiger partial charge in [0, 0.05) is 22.2 Å². The largest absolute Gasteiger partial charge is 0.506 e. The molecule has 3 aromatic heterocycles. The van der Waals surface area contributed by atoms with Crippen LogP contribution in [0.2, 0.25) is 5.02 Å². The van der Waals surface area contributed by atoms with E-state index in [1.807, 2.05) is 24.3 Å². The number of halogens is 1. The second kappa shape index (κ2) is 5.83. The van der Waals surface area contributed by atoms with E-state index in [1.165, 1.54) is 23.0 Å². The first-order chi connectivity index (χ1) is 12.6. The van der Waals surface area contributed by atoms with Crippen LogP contribution in [0, 0.1) is 0 Å². The Morgan fingerprint density at radius 3 is 2.73 bits per heavy atom. The molecule has 0 radical (unpaired) electrons. The number of thiophene rings is 1. The number of hydrogen-bond acceptors (Lipinski definition) is 4. The zero-order valence-corrected chi connectivity index (χ0v) is 15.4. The van der Waals surface area contributed by atoms with E-state index in [1.54, 1.807) is 0 Å². The van der Waals surface area contributed by atoms with Crippen molar-refractivity contribution in [1.82, 2.24) is 9.97 Å². The Kier molecular flexibility index (Phi) is 3.55. The van der Waals surface area contributed by atoms with Crippen LogP contribution in [0.15, 0.2) is 35.1 Å². The molecule has 0 spiro atoms. The summed E-state index contributed by atoms with van der Waals surface area (Å²) in [6, 6.07) is 9.01. The van der Waals surface area contributed by atoms with E-state index < -0.39 is 0 Å². The lowest BCUT2D eigenvalue weighted by atomic mass is 9.87. The summed E-state index contributed by atoms with van der Waals surface area (Å²) in [6.07, 6.45) is 4.20. The maximum atomic E-state index is 12.0. The van der Waals surface area contributed by atoms with E-state index in [0.717, 1.165) is 52.7 Å². The van der Waals surface area contributed by atoms with Gasteiger partial charge in [0.15, 0.2) is 0 Å². The van der Waals surface area contributed by atoms with Crippen LogP contribution in [0.25, 0.3) is 31.6 Å². The highest BCUT2D eigenvalue weighted by Gasteiger charge is 2.23. The minimum atomic E-state index is -0.311. The van der Waals surface area contributed by atoms with Gasteiger partial charge in [-0.1, -0.05) is 23.7 Å². The van der Waals surface area contributed by atoms with Crippen molar-refractivity contribution in [2.24, 2.45) is 0 Å². The van der Waals surface area contributed by atoms with Gasteiger partial charge in [-0.05, 0) is 54.5 Å². The lowest BCUT2D eigenvalue weighted by Gasteiger charge is -2.20. The van der Waals surface area contributed by atoms with Gasteiger partial charge >= 0.3 is 0 Å². The van der Waals surface area contributed by atoms with Gasteiger partial charge in [0.1, 0.15) is 10.6 Å². The molecule has 0 amide bonds. The number of aromatic amines is 1. The summed E-state index contributed by atoms with van der Waals surface area (Å²) >= 11 is 7.51. The van der Waals surface area contributed by atoms with Crippen molar-refractivity contribution in [3.8, 4) is 16.9 Å². The monoisotopic (exact) mass is 382 g/mol. The van der Waals surface area contributed by atoms with Crippen molar-refractivity contribution in [2.45, 2.75) is 25.7 Å². The van der Waals surface area contributed by atoms with Gasteiger partial charge in [0.05, 0.1) is 10.2 Å². The first kappa shape index (κ1) is 15.9. The van der Waals surface area contributed by atoms with E-state index >= 15 is 0 Å². The van der Waals surface area contributed by atoms with Crippen LogP contribution in [-0.4, -0.2) is 15.1 Å². The molecule has 0 saturated heterocycles. The minimum absolute atomic E-state index is 0.00628. The topological polar surface area (TPSA) is 66.0 Å². The van der Waals surface area contributed by atoms with Crippen LogP contribution in [0.3, 0.4) is 0 Å². The highest BCUT2D eigenvalue weighted by Crippen LogP contribution is 2.44. The van der Waals surface area contributed by atoms with Crippen molar-refractivity contribution in [2.75, 3.05) is 0 Å². The molecule has 26 heavy (non-hydrogen) atoms. The molecule has 1 aliphatic rings. The van der Waals surface area contributed by atoms with Crippen LogP contribution in [0.4, 0.5) is 0 Å². The molecule has 0 saturated carbocycles. The second-order valence-electron chi connectivity index (χ2n) is 6.63. The summed E-state index contributed by atoms with van der Waals surface area (Å²) in [5, 5.41) is 11.9. The summed E-state index contributed by atoms with van der Waals surface area (Å²) in [6.45, 7) is 0. The van der Waals surface area contributed by atoms with Gasteiger partial charge in [0.2, 0.25) is 0 Å². The Bertz CT molecular complexity index is 1220. The number of hydrogen-bond donors (Lipinski definition) is 2. The molecule has 0 unspecified atom stereocenters. The molecule has 4 aromatic rings. The summed E-state index contributed by atoms with van der Waals surface area (Å²) in [5.41, 5.74) is 4.89. The maximum Gasteiger partial charge on any atom is 0.252 e. The summed E-state index contributed by atoms with van der Waals surface area (Å²) in [7, 11) is 0. The molecular weight excluding hydrogens is 368 g/mol. The number of H-pyrrole nitrogens is 1. The quantitative estimate of drug-likeness (QED) is 0.484. The number of rotatable bonds is 1. The summed E-state index contributed by atoms with van der Waals surface area (Å²) < 4.78 is 0.671. The average Bonchev–Trinajstić information content (AvgIpc) is 2.99. The molecule has 0 aliphatic heterocycles. The number of aromatic hydroxyl groups is 1. The van der Waals surface area contributed by atoms with Crippen molar-refractivity contribution in [1.29, 1.82) is 0 Å². The number of nitrogens with zero attached hydrogens (tertiary/aromatic N) is 1. The van der Waals surface area contributed by atoms with Gasteiger partial charge in [-0.3, -0.25) is 4.79 Å². The van der Waals surface area contributed by atoms with Gasteiger partial charge in [-0.15, -0.1) is 11.3 Å². The highest BCUT2D eigenvalue weighted by atomic mass is 35.5. The fourth-order valence-corrected chi connectivity index (χ4v) is 5.07. The van der Waals surface area contributed by atoms with E-state index in [0.29, 0.717) is 15.2 Å². The molecule has 5 rings (SSSR count). The Hall–Kier alpha value is -2.37. The molecule has 0 bridgehead atoms. The molecule has 130 valence electrons. The van der Waals surface area contributed by atoms with E-state index in [9.17, 15) is 9.90 Å². The van der Waals surface area contributed by atoms with Crippen LogP contribution in [0.1, 0.15) is 24.1 Å². The van der Waals surface area contributed by atoms with Crippen molar-refractivity contribution in [3.63, 3.8) is 0 Å². The highest BCUT2D eigenvalue weighted by molar-refractivity contribution is 7.25. The number of nitrogens with one attached hydrogen (secondary N) is 1. The van der Waals surface area contributed by atoms with Crippen LogP contribution >= 0.6 is 22.9 Å². The summed E-state index contributed by atoms with van der Waals surface area (Å²) in [4.78, 5) is 20.6. The van der Waals surface area contributed by atoms with Gasteiger partial charge in [-0.25, -0.2) is 4.98 Å². The van der Waals surface area contributed by atoms with Crippen LogP contribution < -0.4 is 5.56 Å². The lowest BCUT2D eigenvalue weighted by molar-refractivity contribution is 0.481. The third kappa shape index (κ3) is 2.35. The van der Waals surface area contributed by atoms with E-state index in [-0.39, 0.29) is 11.3 Å². The molecule has 1 aromatic carbocycles. The Labute approximate surface area is 158 Å². The molecular formula is C20H15ClN2O2S. The lowest BCUT2D eigenvalue weighted by Crippen LogP contribution is -2.08. The van der Waals surface area contributed by atoms with Gasteiger partial charge < -0.3 is 10.1 Å². The second-order valence-corrected chi connectivity index (χ2v) is 8.07. The van der Waals surface area contributed by atoms with Crippen molar-refractivity contribution in [3.05, 3.63) is 57.0 Å². The number of fused-ring (bicyclic) bond motifs is 4. The Balaban J connectivity index is 1.99. The zero-order chi connectivity index (χ0) is 17.8. The number of aryl methyl sites for hydroxylation is 1. The van der Waals surface area contributed by atoms with Crippen molar-refractivity contribution >= 4 is 43.4 Å². The fourth-order valence-electron chi connectivity index (χ4n) is 3.87. The molecule has 1 aliphatic carbocycles. The zero-order valence-electron chi connectivity index (χ0n) is 13.8. The van der Waals surface area contributed by atoms with Crippen LogP contribution in [0.5, 0.6) is 5.75 Å². The van der Waals surface area contributed by atoms with E-state index in [2.05, 4.69) is 4.98 Å². The minimum Gasteiger partial charge on any atom is -0.506 e. The normalized spacial score (nSPS) is 14.0. The van der Waals surface area contributed by atoms with E-state index in [4.69, 9.17) is 16.6 Å². The third-order valence-electron chi connectivity index (χ3n) is 5.00. The molecule has 6 heteroatoms. The number of aromatic nitrogens is 2. The molecule has 3 heterocycles. The predicted octanol–water partition coefficient (Wildman–Crippen LogP) is 5.04. The summed E-state index contributed by atoms with van der Waals surface area (Å²) in [5.74, 6) is 0.00628. The first-order valence-electron chi connectivity index (χ1n) is 8.58. The number of benzene rings is 1. The van der Waals surface area contributed by atoms with Crippen LogP contribution in [-0.2, 0) is 12.8 Å². The standard InChI is InChI=1S/C20H15ClN2O2S/c21-11-7-5-10(6-8-11)16-12-3-1-2-4-13(12)22-20-17(16)18-19(26-20)14(24)9-15(25)23-18/h5-9H,1-4H2,(H2,23,24,25). The third-order valence-corrected chi connectivity index (χ3v) is 6.36. The maximum absolute atomic E-state index is 12.0. The molecule has 4 nitrogen and oxygen atoms in total. The first-order valence-corrected chi connectivity index (χ1v) is 9.77. The molecule has 2 N–H and O–H groups in total. The Morgan fingerprint density at radius 1 is 1.15 bits per heavy atom.